The molecule has 0 bridgehead atoms. The first kappa shape index (κ1) is 16.9. The lowest BCUT2D eigenvalue weighted by Crippen LogP contribution is -2.39. The molecule has 1 amide bonds. The van der Waals surface area contributed by atoms with Crippen molar-refractivity contribution < 1.29 is 13.2 Å². The van der Waals surface area contributed by atoms with Crippen LogP contribution in [-0.4, -0.2) is 34.9 Å². The number of amides is 1. The summed E-state index contributed by atoms with van der Waals surface area (Å²) in [5, 5.41) is 0. The number of halogens is 3. The molecule has 1 aromatic carbocycles. The Kier molecular flexibility index (Phi) is 4.51. The molecule has 0 aromatic heterocycles. The average Bonchev–Trinajstić information content (AvgIpc) is 2.56. The summed E-state index contributed by atoms with van der Waals surface area (Å²) in [5.41, 5.74) is 0.914. The van der Waals surface area contributed by atoms with Crippen LogP contribution in [0, 0.1) is 12.8 Å². The minimum atomic E-state index is -4.01. The van der Waals surface area contributed by atoms with Crippen LogP contribution >= 0.6 is 34.8 Å². The molecule has 0 unspecified atom stereocenters. The summed E-state index contributed by atoms with van der Waals surface area (Å²) in [6.07, 6.45) is 0. The lowest BCUT2D eigenvalue weighted by Gasteiger charge is -2.23. The summed E-state index contributed by atoms with van der Waals surface area (Å²) in [7, 11) is -4.01. The van der Waals surface area contributed by atoms with Gasteiger partial charge in [0.2, 0.25) is 4.33 Å². The molecular weight excluding hydrogens is 357 g/mol. The van der Waals surface area contributed by atoms with Crippen LogP contribution in [0.4, 0.5) is 0 Å². The van der Waals surface area contributed by atoms with Gasteiger partial charge in [0.05, 0.1) is 10.9 Å². The summed E-state index contributed by atoms with van der Waals surface area (Å²) in [6, 6.07) is 5.50. The Balaban J connectivity index is 2.50. The molecule has 1 aliphatic heterocycles. The zero-order chi connectivity index (χ0) is 16.0. The van der Waals surface area contributed by atoms with E-state index in [1.165, 1.54) is 12.1 Å². The van der Waals surface area contributed by atoms with Gasteiger partial charge in [0, 0.05) is 11.8 Å². The van der Waals surface area contributed by atoms with Gasteiger partial charge in [-0.25, -0.2) is 12.7 Å². The molecule has 116 valence electrons. The van der Waals surface area contributed by atoms with Crippen LogP contribution in [0.15, 0.2) is 29.2 Å². The Labute approximate surface area is 139 Å². The third-order valence-electron chi connectivity index (χ3n) is 3.65. The number of sulfonamides is 1. The van der Waals surface area contributed by atoms with Gasteiger partial charge >= 0.3 is 0 Å². The maximum Gasteiger partial charge on any atom is 0.273 e. The molecule has 8 heteroatoms. The Morgan fingerprint density at radius 1 is 1.24 bits per heavy atom. The zero-order valence-electron chi connectivity index (χ0n) is 11.4. The third-order valence-corrected chi connectivity index (χ3v) is 6.75. The molecule has 0 aliphatic carbocycles. The van der Waals surface area contributed by atoms with Crippen molar-refractivity contribution in [2.75, 3.05) is 5.88 Å². The predicted molar refractivity (Wildman–Crippen MR) is 83.3 cm³/mol. The normalized spacial score (nSPS) is 25.4. The zero-order valence-corrected chi connectivity index (χ0v) is 14.5. The Morgan fingerprint density at radius 2 is 1.76 bits per heavy atom. The molecule has 1 aromatic rings. The minimum Gasteiger partial charge on any atom is -0.270 e. The SMILES string of the molecule is Cc1ccc(S(=O)(=O)N2C(=O)C(Cl)(Cl)[C@@H](CCl)[C@H]2C)cc1. The number of alkyl halides is 3. The average molecular weight is 371 g/mol. The second-order valence-electron chi connectivity index (χ2n) is 5.04. The molecule has 21 heavy (non-hydrogen) atoms. The monoisotopic (exact) mass is 369 g/mol. The standard InChI is InChI=1S/C13H14Cl3NO3S/c1-8-3-5-10(6-4-8)21(19,20)17-9(2)11(7-14)13(15,16)12(17)18/h3-6,9,11H,7H2,1-2H3/t9-,11+/m1/s1. The fourth-order valence-electron chi connectivity index (χ4n) is 2.33. The molecule has 1 saturated heterocycles. The van der Waals surface area contributed by atoms with Crippen molar-refractivity contribution in [2.45, 2.75) is 29.1 Å². The Hall–Kier alpha value is -0.490. The summed E-state index contributed by atoms with van der Waals surface area (Å²) in [4.78, 5) is 12.3. The third kappa shape index (κ3) is 2.65. The Morgan fingerprint density at radius 3 is 2.19 bits per heavy atom. The van der Waals surface area contributed by atoms with Crippen LogP contribution in [-0.2, 0) is 14.8 Å². The van der Waals surface area contributed by atoms with Gasteiger partial charge in [0.1, 0.15) is 0 Å². The quantitative estimate of drug-likeness (QED) is 0.769. The van der Waals surface area contributed by atoms with Gasteiger partial charge in [0.15, 0.2) is 0 Å². The van der Waals surface area contributed by atoms with Crippen molar-refractivity contribution in [1.82, 2.24) is 4.31 Å². The van der Waals surface area contributed by atoms with Gasteiger partial charge < -0.3 is 0 Å². The minimum absolute atomic E-state index is 0.0141. The van der Waals surface area contributed by atoms with Crippen molar-refractivity contribution in [3.05, 3.63) is 29.8 Å². The van der Waals surface area contributed by atoms with Crippen LogP contribution in [0.25, 0.3) is 0 Å². The van der Waals surface area contributed by atoms with E-state index in [0.29, 0.717) is 0 Å². The Bertz CT molecular complexity index is 658. The van der Waals surface area contributed by atoms with Gasteiger partial charge in [-0.05, 0) is 26.0 Å². The van der Waals surface area contributed by atoms with Crippen LogP contribution in [0.3, 0.4) is 0 Å². The lowest BCUT2D eigenvalue weighted by molar-refractivity contribution is -0.124. The maximum atomic E-state index is 12.7. The second-order valence-corrected chi connectivity index (χ2v) is 8.55. The summed E-state index contributed by atoms with van der Waals surface area (Å²) in [5.74, 6) is -1.54. The molecule has 2 rings (SSSR count). The molecule has 0 N–H and O–H groups in total. The van der Waals surface area contributed by atoms with E-state index in [-0.39, 0.29) is 10.8 Å². The van der Waals surface area contributed by atoms with Crippen LogP contribution in [0.2, 0.25) is 0 Å². The number of carbonyl (C=O) groups excluding carboxylic acids is 1. The highest BCUT2D eigenvalue weighted by molar-refractivity contribution is 7.89. The van der Waals surface area contributed by atoms with E-state index in [0.717, 1.165) is 9.87 Å². The molecule has 1 aliphatic rings. The van der Waals surface area contributed by atoms with Crippen molar-refractivity contribution in [3.8, 4) is 0 Å². The number of carbonyl (C=O) groups is 1. The summed E-state index contributed by atoms with van der Waals surface area (Å²) in [6.45, 7) is 3.41. The largest absolute Gasteiger partial charge is 0.273 e. The van der Waals surface area contributed by atoms with Gasteiger partial charge in [-0.3, -0.25) is 4.79 Å². The number of aryl methyl sites for hydroxylation is 1. The van der Waals surface area contributed by atoms with Crippen molar-refractivity contribution >= 4 is 50.7 Å². The van der Waals surface area contributed by atoms with Crippen molar-refractivity contribution in [3.63, 3.8) is 0 Å². The predicted octanol–water partition coefficient (Wildman–Crippen LogP) is 2.94. The highest BCUT2D eigenvalue weighted by Crippen LogP contribution is 2.45. The summed E-state index contributed by atoms with van der Waals surface area (Å²) >= 11 is 17.8. The number of benzene rings is 1. The van der Waals surface area contributed by atoms with Crippen molar-refractivity contribution in [1.29, 1.82) is 0 Å². The van der Waals surface area contributed by atoms with E-state index in [9.17, 15) is 13.2 Å². The number of hydrogen-bond acceptors (Lipinski definition) is 3. The fraction of sp³-hybridized carbons (Fsp3) is 0.462. The maximum absolute atomic E-state index is 12.7. The van der Waals surface area contributed by atoms with E-state index in [2.05, 4.69) is 0 Å². The second kappa shape index (κ2) is 5.61. The molecule has 2 atom stereocenters. The molecule has 0 radical (unpaired) electrons. The van der Waals surface area contributed by atoms with E-state index in [1.54, 1.807) is 19.1 Å². The first-order valence-electron chi connectivity index (χ1n) is 6.23. The summed E-state index contributed by atoms with van der Waals surface area (Å²) < 4.78 is 24.2. The van der Waals surface area contributed by atoms with Crippen LogP contribution in [0.5, 0.6) is 0 Å². The van der Waals surface area contributed by atoms with E-state index in [1.807, 2.05) is 6.92 Å². The fourth-order valence-corrected chi connectivity index (χ4v) is 5.44. The first-order valence-corrected chi connectivity index (χ1v) is 8.96. The smallest absolute Gasteiger partial charge is 0.270 e. The topological polar surface area (TPSA) is 54.5 Å². The number of hydrogen-bond donors (Lipinski definition) is 0. The van der Waals surface area contributed by atoms with Crippen LogP contribution in [0.1, 0.15) is 12.5 Å². The van der Waals surface area contributed by atoms with Gasteiger partial charge in [0.25, 0.3) is 15.9 Å². The van der Waals surface area contributed by atoms with Gasteiger partial charge in [-0.2, -0.15) is 0 Å². The van der Waals surface area contributed by atoms with Crippen molar-refractivity contribution in [2.24, 2.45) is 5.92 Å². The first-order chi connectivity index (χ1) is 9.64. The number of rotatable bonds is 3. The highest BCUT2D eigenvalue weighted by Gasteiger charge is 2.59. The van der Waals surface area contributed by atoms with E-state index < -0.39 is 32.2 Å². The molecular formula is C13H14Cl3NO3S. The van der Waals surface area contributed by atoms with Gasteiger partial charge in [-0.15, -0.1) is 11.6 Å². The van der Waals surface area contributed by atoms with E-state index >= 15 is 0 Å². The highest BCUT2D eigenvalue weighted by atomic mass is 35.5. The van der Waals surface area contributed by atoms with E-state index in [4.69, 9.17) is 34.8 Å². The lowest BCUT2D eigenvalue weighted by atomic mass is 10.0. The van der Waals surface area contributed by atoms with Gasteiger partial charge in [-0.1, -0.05) is 40.9 Å². The molecule has 0 spiro atoms. The number of nitrogens with zero attached hydrogens (tertiary/aromatic N) is 1. The molecule has 4 nitrogen and oxygen atoms in total. The molecule has 1 heterocycles. The molecule has 0 saturated carbocycles. The molecule has 1 fully saturated rings. The van der Waals surface area contributed by atoms with Crippen LogP contribution < -0.4 is 0 Å².